The topological polar surface area (TPSA) is 83.5 Å². The van der Waals surface area contributed by atoms with Gasteiger partial charge in [0.2, 0.25) is 5.91 Å². The third-order valence-corrected chi connectivity index (χ3v) is 3.32. The average molecular weight is 287 g/mol. The monoisotopic (exact) mass is 287 g/mol. The molecule has 1 aromatic carbocycles. The summed E-state index contributed by atoms with van der Waals surface area (Å²) in [6.07, 6.45) is 2.52. The molecule has 2 N–H and O–H groups in total. The number of hydrogen-bond donors (Lipinski definition) is 2. The van der Waals surface area contributed by atoms with Gasteiger partial charge in [-0.15, -0.1) is 0 Å². The molecule has 2 rings (SSSR count). The van der Waals surface area contributed by atoms with E-state index >= 15 is 0 Å². The van der Waals surface area contributed by atoms with Crippen molar-refractivity contribution in [2.24, 2.45) is 0 Å². The molecule has 5 heteroatoms. The first-order valence-corrected chi connectivity index (χ1v) is 6.89. The number of aliphatic hydroxyl groups excluding tert-OH is 1. The van der Waals surface area contributed by atoms with Gasteiger partial charge in [0.25, 0.3) is 0 Å². The second kappa shape index (κ2) is 6.95. The van der Waals surface area contributed by atoms with Crippen LogP contribution in [-0.2, 0) is 4.79 Å². The zero-order chi connectivity index (χ0) is 15.2. The molecule has 0 fully saturated rings. The van der Waals surface area contributed by atoms with Crippen LogP contribution in [0.5, 0.6) is 0 Å². The van der Waals surface area contributed by atoms with Crippen molar-refractivity contribution in [2.45, 2.75) is 19.3 Å². The lowest BCUT2D eigenvalue weighted by atomic mass is 9.87. The SMILES string of the molecule is O=C(CCCC1=CC(=O)c2ccccc2C1=O)NCCO. The molecule has 0 heterocycles. The molecular formula is C16H17NO4. The molecule has 0 aliphatic heterocycles. The van der Waals surface area contributed by atoms with Crippen LogP contribution in [0.1, 0.15) is 40.0 Å². The maximum absolute atomic E-state index is 12.3. The van der Waals surface area contributed by atoms with Gasteiger partial charge in [0.15, 0.2) is 11.6 Å². The summed E-state index contributed by atoms with van der Waals surface area (Å²) in [5.74, 6) is -0.467. The van der Waals surface area contributed by atoms with Gasteiger partial charge >= 0.3 is 0 Å². The summed E-state index contributed by atoms with van der Waals surface area (Å²) in [5, 5.41) is 11.1. The molecule has 0 atom stereocenters. The van der Waals surface area contributed by atoms with E-state index in [1.807, 2.05) is 0 Å². The molecule has 1 aliphatic carbocycles. The Bertz CT molecular complexity index is 604. The second-order valence-corrected chi connectivity index (χ2v) is 4.84. The van der Waals surface area contributed by atoms with E-state index in [9.17, 15) is 14.4 Å². The van der Waals surface area contributed by atoms with E-state index in [2.05, 4.69) is 5.32 Å². The Balaban J connectivity index is 1.95. The van der Waals surface area contributed by atoms with Crippen LogP contribution in [-0.4, -0.2) is 35.7 Å². The lowest BCUT2D eigenvalue weighted by molar-refractivity contribution is -0.121. The highest BCUT2D eigenvalue weighted by Gasteiger charge is 2.24. The highest BCUT2D eigenvalue weighted by Crippen LogP contribution is 2.24. The predicted molar refractivity (Wildman–Crippen MR) is 77.1 cm³/mol. The van der Waals surface area contributed by atoms with Crippen molar-refractivity contribution in [1.29, 1.82) is 0 Å². The number of carbonyl (C=O) groups excluding carboxylic acids is 3. The molecule has 0 saturated heterocycles. The summed E-state index contributed by atoms with van der Waals surface area (Å²) >= 11 is 0. The molecule has 21 heavy (non-hydrogen) atoms. The number of amides is 1. The van der Waals surface area contributed by atoms with Crippen molar-refractivity contribution in [3.8, 4) is 0 Å². The zero-order valence-electron chi connectivity index (χ0n) is 11.6. The van der Waals surface area contributed by atoms with Gasteiger partial charge < -0.3 is 10.4 Å². The van der Waals surface area contributed by atoms with Gasteiger partial charge in [0, 0.05) is 29.7 Å². The molecule has 5 nitrogen and oxygen atoms in total. The summed E-state index contributed by atoms with van der Waals surface area (Å²) in [6.45, 7) is 0.132. The first kappa shape index (κ1) is 15.1. The van der Waals surface area contributed by atoms with Crippen molar-refractivity contribution >= 4 is 17.5 Å². The Hall–Kier alpha value is -2.27. The minimum absolute atomic E-state index is 0.0966. The number of ketones is 2. The Morgan fingerprint density at radius 1 is 1.14 bits per heavy atom. The van der Waals surface area contributed by atoms with Gasteiger partial charge in [-0.3, -0.25) is 14.4 Å². The Kier molecular flexibility index (Phi) is 5.00. The Morgan fingerprint density at radius 2 is 1.86 bits per heavy atom. The predicted octanol–water partition coefficient (Wildman–Crippen LogP) is 1.27. The van der Waals surface area contributed by atoms with Crippen molar-refractivity contribution < 1.29 is 19.5 Å². The van der Waals surface area contributed by atoms with Crippen LogP contribution in [0, 0.1) is 0 Å². The van der Waals surface area contributed by atoms with E-state index in [1.54, 1.807) is 24.3 Å². The number of aliphatic hydroxyl groups is 1. The fourth-order valence-electron chi connectivity index (χ4n) is 2.28. The summed E-state index contributed by atoms with van der Waals surface area (Å²) < 4.78 is 0. The summed E-state index contributed by atoms with van der Waals surface area (Å²) in [4.78, 5) is 35.6. The number of carbonyl (C=O) groups is 3. The minimum atomic E-state index is -0.167. The van der Waals surface area contributed by atoms with Crippen LogP contribution in [0.25, 0.3) is 0 Å². The maximum atomic E-state index is 12.3. The fourth-order valence-corrected chi connectivity index (χ4v) is 2.28. The molecule has 1 aliphatic rings. The summed E-state index contributed by atoms with van der Waals surface area (Å²) in [5.41, 5.74) is 1.32. The van der Waals surface area contributed by atoms with Crippen molar-refractivity contribution in [2.75, 3.05) is 13.2 Å². The standard InChI is InChI=1S/C16H17NO4/c18-9-8-17-15(20)7-3-4-11-10-14(19)12-5-1-2-6-13(12)16(11)21/h1-2,5-6,10,18H,3-4,7-9H2,(H,17,20). The molecule has 1 amide bonds. The molecular weight excluding hydrogens is 270 g/mol. The molecule has 110 valence electrons. The minimum Gasteiger partial charge on any atom is -0.395 e. The van der Waals surface area contributed by atoms with Crippen LogP contribution < -0.4 is 5.32 Å². The highest BCUT2D eigenvalue weighted by molar-refractivity contribution is 6.24. The van der Waals surface area contributed by atoms with Crippen LogP contribution in [0.15, 0.2) is 35.9 Å². The maximum Gasteiger partial charge on any atom is 0.220 e. The van der Waals surface area contributed by atoms with Crippen LogP contribution >= 0.6 is 0 Å². The fraction of sp³-hybridized carbons (Fsp3) is 0.312. The van der Waals surface area contributed by atoms with Gasteiger partial charge in [-0.1, -0.05) is 24.3 Å². The number of rotatable bonds is 6. The normalized spacial score (nSPS) is 13.7. The number of benzene rings is 1. The van der Waals surface area contributed by atoms with Crippen LogP contribution in [0.3, 0.4) is 0 Å². The molecule has 0 saturated carbocycles. The molecule has 0 spiro atoms. The third kappa shape index (κ3) is 3.64. The Labute approximate surface area is 122 Å². The van der Waals surface area contributed by atoms with E-state index in [4.69, 9.17) is 5.11 Å². The van der Waals surface area contributed by atoms with Crippen molar-refractivity contribution in [1.82, 2.24) is 5.32 Å². The van der Waals surface area contributed by atoms with Gasteiger partial charge in [-0.05, 0) is 18.9 Å². The van der Waals surface area contributed by atoms with Crippen molar-refractivity contribution in [3.05, 3.63) is 47.0 Å². The highest BCUT2D eigenvalue weighted by atomic mass is 16.3. The number of hydrogen-bond acceptors (Lipinski definition) is 4. The first-order chi connectivity index (χ1) is 10.1. The van der Waals surface area contributed by atoms with E-state index < -0.39 is 0 Å². The van der Waals surface area contributed by atoms with Gasteiger partial charge in [-0.2, -0.15) is 0 Å². The smallest absolute Gasteiger partial charge is 0.220 e. The van der Waals surface area contributed by atoms with E-state index in [0.29, 0.717) is 29.5 Å². The lowest BCUT2D eigenvalue weighted by Crippen LogP contribution is -2.26. The van der Waals surface area contributed by atoms with Gasteiger partial charge in [-0.25, -0.2) is 0 Å². The average Bonchev–Trinajstić information content (AvgIpc) is 2.50. The molecule has 0 radical (unpaired) electrons. The number of fused-ring (bicyclic) bond motifs is 1. The third-order valence-electron chi connectivity index (χ3n) is 3.32. The largest absolute Gasteiger partial charge is 0.395 e. The summed E-state index contributed by atoms with van der Waals surface area (Å²) in [7, 11) is 0. The van der Waals surface area contributed by atoms with E-state index in [0.717, 1.165) is 0 Å². The summed E-state index contributed by atoms with van der Waals surface area (Å²) in [6, 6.07) is 6.76. The van der Waals surface area contributed by atoms with E-state index in [-0.39, 0.29) is 37.0 Å². The van der Waals surface area contributed by atoms with Gasteiger partial charge in [0.05, 0.1) is 6.61 Å². The quantitative estimate of drug-likeness (QED) is 0.825. The number of nitrogens with one attached hydrogen (secondary N) is 1. The Morgan fingerprint density at radius 3 is 2.57 bits per heavy atom. The molecule has 0 aromatic heterocycles. The second-order valence-electron chi connectivity index (χ2n) is 4.84. The van der Waals surface area contributed by atoms with Crippen LogP contribution in [0.4, 0.5) is 0 Å². The van der Waals surface area contributed by atoms with Crippen LogP contribution in [0.2, 0.25) is 0 Å². The van der Waals surface area contributed by atoms with Gasteiger partial charge in [0.1, 0.15) is 0 Å². The number of Topliss-reactive ketones (excluding diaryl/α,β-unsaturated/α-hetero) is 1. The molecule has 0 bridgehead atoms. The zero-order valence-corrected chi connectivity index (χ0v) is 11.6. The number of allylic oxidation sites excluding steroid dienone is 2. The molecule has 0 unspecified atom stereocenters. The lowest BCUT2D eigenvalue weighted by Gasteiger charge is -2.14. The molecule has 1 aromatic rings. The van der Waals surface area contributed by atoms with E-state index in [1.165, 1.54) is 6.08 Å². The van der Waals surface area contributed by atoms with Crippen molar-refractivity contribution in [3.63, 3.8) is 0 Å². The first-order valence-electron chi connectivity index (χ1n) is 6.89.